The van der Waals surface area contributed by atoms with Crippen molar-refractivity contribution in [2.75, 3.05) is 18.9 Å². The normalized spacial score (nSPS) is 21.4. The summed E-state index contributed by atoms with van der Waals surface area (Å²) in [5.74, 6) is -1.34. The fourth-order valence-corrected chi connectivity index (χ4v) is 4.38. The zero-order valence-electron chi connectivity index (χ0n) is 17.9. The SMILES string of the molecule is CCOC(=O)[C@H](CCc1ccccc1)N[C@@H](C)C(=O)N1CC(C(S)CS)C[C@H]1C(=O)O. The summed E-state index contributed by atoms with van der Waals surface area (Å²) in [4.78, 5) is 38.7. The number of likely N-dealkylation sites (tertiary alicyclic amines) is 1. The van der Waals surface area contributed by atoms with E-state index in [1.165, 1.54) is 4.90 Å². The molecule has 7 nitrogen and oxygen atoms in total. The minimum atomic E-state index is -1.03. The van der Waals surface area contributed by atoms with Crippen molar-refractivity contribution in [1.82, 2.24) is 10.2 Å². The number of carboxylic acid groups (broad SMARTS) is 1. The van der Waals surface area contributed by atoms with Gasteiger partial charge in [0, 0.05) is 17.5 Å². The molecule has 5 atom stereocenters. The second-order valence-corrected chi connectivity index (χ2v) is 8.84. The number of carbonyl (C=O) groups is 3. The Labute approximate surface area is 194 Å². The molecule has 9 heteroatoms. The van der Waals surface area contributed by atoms with Gasteiger partial charge < -0.3 is 14.7 Å². The fraction of sp³-hybridized carbons (Fsp3) is 0.591. The highest BCUT2D eigenvalue weighted by Crippen LogP contribution is 2.29. The smallest absolute Gasteiger partial charge is 0.326 e. The van der Waals surface area contributed by atoms with E-state index in [1.54, 1.807) is 13.8 Å². The number of amides is 1. The Hall–Kier alpha value is -1.71. The van der Waals surface area contributed by atoms with Gasteiger partial charge in [-0.3, -0.25) is 14.9 Å². The molecule has 0 saturated carbocycles. The number of carboxylic acids is 1. The van der Waals surface area contributed by atoms with E-state index in [1.807, 2.05) is 30.3 Å². The molecule has 1 heterocycles. The van der Waals surface area contributed by atoms with E-state index in [4.69, 9.17) is 4.74 Å². The second kappa shape index (κ2) is 12.4. The largest absolute Gasteiger partial charge is 0.480 e. The average Bonchev–Trinajstić information content (AvgIpc) is 3.22. The standard InChI is InChI=1S/C22H32N2O5S2/c1-3-29-22(28)17(10-9-15-7-5-4-6-8-15)23-14(2)20(25)24-12-16(19(31)13-30)11-18(24)21(26)27/h4-8,14,16-19,23,30-31H,3,9-13H2,1-2H3,(H,26,27)/t14-,16?,17-,18-,19?/m0/s1. The van der Waals surface area contributed by atoms with Gasteiger partial charge in [-0.25, -0.2) is 4.79 Å². The zero-order chi connectivity index (χ0) is 23.0. The van der Waals surface area contributed by atoms with Gasteiger partial charge in [0.25, 0.3) is 0 Å². The van der Waals surface area contributed by atoms with Crippen molar-refractivity contribution >= 4 is 43.1 Å². The summed E-state index contributed by atoms with van der Waals surface area (Å²) in [6.45, 7) is 3.94. The minimum Gasteiger partial charge on any atom is -0.480 e. The lowest BCUT2D eigenvalue weighted by molar-refractivity contribution is -0.150. The fourth-order valence-electron chi connectivity index (χ4n) is 3.86. The molecule has 0 spiro atoms. The number of aliphatic carboxylic acids is 1. The zero-order valence-corrected chi connectivity index (χ0v) is 19.7. The lowest BCUT2D eigenvalue weighted by atomic mass is 10.0. The van der Waals surface area contributed by atoms with Gasteiger partial charge in [-0.1, -0.05) is 30.3 Å². The van der Waals surface area contributed by atoms with Crippen molar-refractivity contribution in [2.24, 2.45) is 5.92 Å². The van der Waals surface area contributed by atoms with Crippen LogP contribution in [0.2, 0.25) is 0 Å². The molecular formula is C22H32N2O5S2. The summed E-state index contributed by atoms with van der Waals surface area (Å²) in [7, 11) is 0. The number of carbonyl (C=O) groups excluding carboxylic acids is 2. The summed E-state index contributed by atoms with van der Waals surface area (Å²) < 4.78 is 5.18. The van der Waals surface area contributed by atoms with Gasteiger partial charge >= 0.3 is 11.9 Å². The summed E-state index contributed by atoms with van der Waals surface area (Å²) in [5.41, 5.74) is 1.08. The molecule has 2 unspecified atom stereocenters. The van der Waals surface area contributed by atoms with Gasteiger partial charge in [-0.2, -0.15) is 25.3 Å². The van der Waals surface area contributed by atoms with Crippen LogP contribution >= 0.6 is 25.3 Å². The van der Waals surface area contributed by atoms with Crippen molar-refractivity contribution in [2.45, 2.75) is 56.5 Å². The van der Waals surface area contributed by atoms with Crippen LogP contribution in [-0.4, -0.2) is 70.1 Å². The molecule has 1 saturated heterocycles. The van der Waals surface area contributed by atoms with Crippen LogP contribution in [0.15, 0.2) is 30.3 Å². The Morgan fingerprint density at radius 3 is 2.55 bits per heavy atom. The van der Waals surface area contributed by atoms with Crippen LogP contribution in [0.4, 0.5) is 0 Å². The first-order valence-corrected chi connectivity index (χ1v) is 11.7. The quantitative estimate of drug-likeness (QED) is 0.293. The van der Waals surface area contributed by atoms with E-state index >= 15 is 0 Å². The first-order chi connectivity index (χ1) is 14.8. The van der Waals surface area contributed by atoms with E-state index in [0.717, 1.165) is 5.56 Å². The lowest BCUT2D eigenvalue weighted by Crippen LogP contribution is -2.53. The topological polar surface area (TPSA) is 95.9 Å². The van der Waals surface area contributed by atoms with Crippen molar-refractivity contribution in [3.05, 3.63) is 35.9 Å². The average molecular weight is 469 g/mol. The molecule has 0 bridgehead atoms. The van der Waals surface area contributed by atoms with Crippen LogP contribution in [-0.2, 0) is 25.5 Å². The third-order valence-electron chi connectivity index (χ3n) is 5.59. The summed E-state index contributed by atoms with van der Waals surface area (Å²) >= 11 is 8.72. The molecule has 1 aromatic rings. The molecule has 1 fully saturated rings. The van der Waals surface area contributed by atoms with Crippen LogP contribution < -0.4 is 5.32 Å². The number of nitrogens with zero attached hydrogens (tertiary/aromatic N) is 1. The Bertz CT molecular complexity index is 749. The third kappa shape index (κ3) is 7.15. The van der Waals surface area contributed by atoms with Crippen molar-refractivity contribution in [3.8, 4) is 0 Å². The van der Waals surface area contributed by atoms with E-state index in [2.05, 4.69) is 30.6 Å². The summed E-state index contributed by atoms with van der Waals surface area (Å²) in [6.07, 6.45) is 1.45. The Morgan fingerprint density at radius 1 is 1.29 bits per heavy atom. The number of ether oxygens (including phenoxy) is 1. The number of hydrogen-bond donors (Lipinski definition) is 4. The van der Waals surface area contributed by atoms with Crippen LogP contribution in [0.1, 0.15) is 32.3 Å². The highest BCUT2D eigenvalue weighted by atomic mass is 32.1. The van der Waals surface area contributed by atoms with Crippen LogP contribution in [0.5, 0.6) is 0 Å². The van der Waals surface area contributed by atoms with Crippen molar-refractivity contribution in [1.29, 1.82) is 0 Å². The Kier molecular flexibility index (Phi) is 10.2. The Morgan fingerprint density at radius 2 is 1.97 bits per heavy atom. The molecule has 31 heavy (non-hydrogen) atoms. The molecule has 172 valence electrons. The maximum atomic E-state index is 13.1. The van der Waals surface area contributed by atoms with E-state index in [9.17, 15) is 19.5 Å². The van der Waals surface area contributed by atoms with E-state index in [0.29, 0.717) is 31.6 Å². The molecule has 1 aliphatic heterocycles. The van der Waals surface area contributed by atoms with Gasteiger partial charge in [0.15, 0.2) is 0 Å². The highest BCUT2D eigenvalue weighted by Gasteiger charge is 2.43. The van der Waals surface area contributed by atoms with Gasteiger partial charge in [-0.15, -0.1) is 0 Å². The van der Waals surface area contributed by atoms with Gasteiger partial charge in [0.2, 0.25) is 5.91 Å². The molecule has 0 radical (unpaired) electrons. The van der Waals surface area contributed by atoms with Crippen LogP contribution in [0, 0.1) is 5.92 Å². The minimum absolute atomic E-state index is 0.0444. The van der Waals surface area contributed by atoms with Gasteiger partial charge in [0.1, 0.15) is 12.1 Å². The second-order valence-electron chi connectivity index (χ2n) is 7.81. The van der Waals surface area contributed by atoms with E-state index < -0.39 is 30.1 Å². The molecule has 1 aromatic carbocycles. The molecule has 1 aliphatic rings. The lowest BCUT2D eigenvalue weighted by Gasteiger charge is -2.28. The van der Waals surface area contributed by atoms with Crippen molar-refractivity contribution < 1.29 is 24.2 Å². The third-order valence-corrected chi connectivity index (χ3v) is 6.88. The van der Waals surface area contributed by atoms with Crippen molar-refractivity contribution in [3.63, 3.8) is 0 Å². The summed E-state index contributed by atoms with van der Waals surface area (Å²) in [5, 5.41) is 12.6. The van der Waals surface area contributed by atoms with Crippen LogP contribution in [0.3, 0.4) is 0 Å². The number of thiol groups is 2. The molecule has 2 N–H and O–H groups in total. The molecule has 1 amide bonds. The first-order valence-electron chi connectivity index (χ1n) is 10.6. The number of aryl methyl sites for hydroxylation is 1. The number of nitrogens with one attached hydrogen (secondary N) is 1. The maximum absolute atomic E-state index is 13.1. The number of rotatable bonds is 11. The maximum Gasteiger partial charge on any atom is 0.326 e. The van der Waals surface area contributed by atoms with Gasteiger partial charge in [-0.05, 0) is 44.6 Å². The van der Waals surface area contributed by atoms with E-state index in [-0.39, 0.29) is 23.7 Å². The number of esters is 1. The number of hydrogen-bond acceptors (Lipinski definition) is 7. The highest BCUT2D eigenvalue weighted by molar-refractivity contribution is 7.84. The predicted molar refractivity (Wildman–Crippen MR) is 126 cm³/mol. The Balaban J connectivity index is 2.07. The first kappa shape index (κ1) is 25.5. The molecular weight excluding hydrogens is 436 g/mol. The summed E-state index contributed by atoms with van der Waals surface area (Å²) in [6, 6.07) is 7.45. The monoisotopic (exact) mass is 468 g/mol. The van der Waals surface area contributed by atoms with Crippen LogP contribution in [0.25, 0.3) is 0 Å². The molecule has 0 aromatic heterocycles. The number of benzene rings is 1. The predicted octanol–water partition coefficient (Wildman–Crippen LogP) is 2.06. The molecule has 2 rings (SSSR count). The van der Waals surface area contributed by atoms with Gasteiger partial charge in [0.05, 0.1) is 12.6 Å². The molecule has 0 aliphatic carbocycles.